The molecule has 3 heteroatoms. The molecule has 0 fully saturated rings. The van der Waals surface area contributed by atoms with Gasteiger partial charge in [0, 0.05) is 6.04 Å². The fourth-order valence-corrected chi connectivity index (χ4v) is 2.00. The Bertz CT molecular complexity index is 351. The number of benzene rings is 1. The third-order valence-electron chi connectivity index (χ3n) is 2.77. The fourth-order valence-electron chi connectivity index (χ4n) is 2.00. The summed E-state index contributed by atoms with van der Waals surface area (Å²) in [6, 6.07) is 3.31. The Kier molecular flexibility index (Phi) is 2.42. The van der Waals surface area contributed by atoms with Crippen molar-refractivity contribution >= 4 is 0 Å². The summed E-state index contributed by atoms with van der Waals surface area (Å²) in [7, 11) is 1.47. The second kappa shape index (κ2) is 3.58. The van der Waals surface area contributed by atoms with Gasteiger partial charge in [0.25, 0.3) is 0 Å². The van der Waals surface area contributed by atoms with Crippen molar-refractivity contribution in [3.63, 3.8) is 0 Å². The first-order valence-electron chi connectivity index (χ1n) is 4.84. The van der Waals surface area contributed by atoms with Crippen LogP contribution >= 0.6 is 0 Å². The average molecular weight is 195 g/mol. The molecule has 0 aliphatic heterocycles. The Morgan fingerprint density at radius 2 is 2.29 bits per heavy atom. The molecular formula is C11H14FNO. The normalized spacial score (nSPS) is 20.4. The summed E-state index contributed by atoms with van der Waals surface area (Å²) in [5, 5.41) is 0. The van der Waals surface area contributed by atoms with Crippen molar-refractivity contribution in [1.29, 1.82) is 0 Å². The zero-order chi connectivity index (χ0) is 10.1. The van der Waals surface area contributed by atoms with Gasteiger partial charge < -0.3 is 10.5 Å². The number of hydrogen-bond acceptors (Lipinski definition) is 2. The number of halogens is 1. The quantitative estimate of drug-likeness (QED) is 0.745. The number of hydrogen-bond donors (Lipinski definition) is 1. The molecule has 2 N–H and O–H groups in total. The maximum atomic E-state index is 13.3. The molecule has 1 aliphatic carbocycles. The SMILES string of the molecule is COc1cc2c(cc1F)CCC[C@H]2N. The standard InChI is InChI=1S/C11H14FNO/c1-14-11-6-8-7(5-9(11)12)3-2-4-10(8)13/h5-6,10H,2-4,13H2,1H3/t10-/m1/s1. The van der Waals surface area contributed by atoms with E-state index in [4.69, 9.17) is 10.5 Å². The summed E-state index contributed by atoms with van der Waals surface area (Å²) in [6.45, 7) is 0. The summed E-state index contributed by atoms with van der Waals surface area (Å²) in [5.41, 5.74) is 8.01. The van der Waals surface area contributed by atoms with Crippen molar-refractivity contribution in [1.82, 2.24) is 0 Å². The molecule has 0 radical (unpaired) electrons. The Labute approximate surface area is 82.9 Å². The number of nitrogens with two attached hydrogens (primary N) is 1. The molecule has 14 heavy (non-hydrogen) atoms. The fraction of sp³-hybridized carbons (Fsp3) is 0.455. The minimum absolute atomic E-state index is 0.0354. The van der Waals surface area contributed by atoms with E-state index in [0.717, 1.165) is 30.4 Å². The molecule has 0 aromatic heterocycles. The molecule has 0 bridgehead atoms. The molecule has 1 aromatic rings. The highest BCUT2D eigenvalue weighted by atomic mass is 19.1. The van der Waals surface area contributed by atoms with Crippen LogP contribution in [0.1, 0.15) is 30.0 Å². The third-order valence-corrected chi connectivity index (χ3v) is 2.77. The maximum Gasteiger partial charge on any atom is 0.165 e. The van der Waals surface area contributed by atoms with Crippen LogP contribution in [0.25, 0.3) is 0 Å². The summed E-state index contributed by atoms with van der Waals surface area (Å²) >= 11 is 0. The number of ether oxygens (including phenoxy) is 1. The van der Waals surface area contributed by atoms with Gasteiger partial charge in [-0.25, -0.2) is 4.39 Å². The van der Waals surface area contributed by atoms with E-state index >= 15 is 0 Å². The van der Waals surface area contributed by atoms with Crippen LogP contribution < -0.4 is 10.5 Å². The topological polar surface area (TPSA) is 35.2 Å². The zero-order valence-corrected chi connectivity index (χ0v) is 8.22. The van der Waals surface area contributed by atoms with Gasteiger partial charge in [0.1, 0.15) is 0 Å². The lowest BCUT2D eigenvalue weighted by Crippen LogP contribution is -2.17. The smallest absolute Gasteiger partial charge is 0.165 e. The minimum atomic E-state index is -0.291. The van der Waals surface area contributed by atoms with E-state index in [9.17, 15) is 4.39 Å². The van der Waals surface area contributed by atoms with Gasteiger partial charge in [-0.05, 0) is 42.5 Å². The number of methoxy groups -OCH3 is 1. The molecule has 0 amide bonds. The molecule has 0 spiro atoms. The van der Waals surface area contributed by atoms with Crippen LogP contribution in [-0.4, -0.2) is 7.11 Å². The maximum absolute atomic E-state index is 13.3. The first-order valence-corrected chi connectivity index (χ1v) is 4.84. The number of fused-ring (bicyclic) bond motifs is 1. The first kappa shape index (κ1) is 9.46. The molecule has 2 rings (SSSR count). The van der Waals surface area contributed by atoms with Gasteiger partial charge in [0.05, 0.1) is 7.11 Å². The van der Waals surface area contributed by atoms with Crippen LogP contribution in [0.3, 0.4) is 0 Å². The van der Waals surface area contributed by atoms with Crippen molar-refractivity contribution in [2.24, 2.45) is 5.73 Å². The van der Waals surface area contributed by atoms with Crippen molar-refractivity contribution in [2.45, 2.75) is 25.3 Å². The molecule has 0 unspecified atom stereocenters. The van der Waals surface area contributed by atoms with E-state index in [0.29, 0.717) is 5.75 Å². The highest BCUT2D eigenvalue weighted by Gasteiger charge is 2.19. The monoisotopic (exact) mass is 195 g/mol. The van der Waals surface area contributed by atoms with Gasteiger partial charge in [0.2, 0.25) is 0 Å². The van der Waals surface area contributed by atoms with Crippen molar-refractivity contribution in [3.05, 3.63) is 29.1 Å². The molecule has 1 aromatic carbocycles. The van der Waals surface area contributed by atoms with Gasteiger partial charge >= 0.3 is 0 Å². The zero-order valence-electron chi connectivity index (χ0n) is 8.22. The predicted octanol–water partition coefficient (Wildman–Crippen LogP) is 2.17. The van der Waals surface area contributed by atoms with E-state index in [2.05, 4.69) is 0 Å². The average Bonchev–Trinajstić information content (AvgIpc) is 2.17. The number of aryl methyl sites for hydroxylation is 1. The molecule has 0 heterocycles. The van der Waals surface area contributed by atoms with Gasteiger partial charge in [-0.3, -0.25) is 0 Å². The first-order chi connectivity index (χ1) is 6.72. The van der Waals surface area contributed by atoms with Crippen LogP contribution in [-0.2, 0) is 6.42 Å². The van der Waals surface area contributed by atoms with Gasteiger partial charge in [0.15, 0.2) is 11.6 Å². The van der Waals surface area contributed by atoms with E-state index in [1.807, 2.05) is 0 Å². The Morgan fingerprint density at radius 3 is 3.00 bits per heavy atom. The Hall–Kier alpha value is -1.09. The lowest BCUT2D eigenvalue weighted by molar-refractivity contribution is 0.383. The molecule has 1 atom stereocenters. The van der Waals surface area contributed by atoms with Crippen molar-refractivity contribution < 1.29 is 9.13 Å². The molecule has 76 valence electrons. The Morgan fingerprint density at radius 1 is 1.50 bits per heavy atom. The molecular weight excluding hydrogens is 181 g/mol. The van der Waals surface area contributed by atoms with Crippen LogP contribution in [0.2, 0.25) is 0 Å². The summed E-state index contributed by atoms with van der Waals surface area (Å²) in [4.78, 5) is 0. The van der Waals surface area contributed by atoms with E-state index < -0.39 is 0 Å². The summed E-state index contributed by atoms with van der Waals surface area (Å²) < 4.78 is 18.3. The van der Waals surface area contributed by atoms with Crippen LogP contribution in [0.5, 0.6) is 5.75 Å². The lowest BCUT2D eigenvalue weighted by atomic mass is 9.88. The number of rotatable bonds is 1. The minimum Gasteiger partial charge on any atom is -0.494 e. The Balaban J connectivity index is 2.49. The van der Waals surface area contributed by atoms with Gasteiger partial charge in [-0.2, -0.15) is 0 Å². The van der Waals surface area contributed by atoms with Gasteiger partial charge in [-0.1, -0.05) is 0 Å². The molecule has 2 nitrogen and oxygen atoms in total. The van der Waals surface area contributed by atoms with E-state index in [-0.39, 0.29) is 11.9 Å². The largest absolute Gasteiger partial charge is 0.494 e. The highest BCUT2D eigenvalue weighted by Crippen LogP contribution is 2.32. The van der Waals surface area contributed by atoms with Crippen molar-refractivity contribution in [3.8, 4) is 5.75 Å². The molecule has 0 saturated heterocycles. The lowest BCUT2D eigenvalue weighted by Gasteiger charge is -2.22. The highest BCUT2D eigenvalue weighted by molar-refractivity contribution is 5.40. The molecule has 1 aliphatic rings. The predicted molar refractivity (Wildman–Crippen MR) is 52.8 cm³/mol. The van der Waals surface area contributed by atoms with Crippen LogP contribution in [0.4, 0.5) is 4.39 Å². The van der Waals surface area contributed by atoms with Crippen LogP contribution in [0, 0.1) is 5.82 Å². The third kappa shape index (κ3) is 1.48. The van der Waals surface area contributed by atoms with Gasteiger partial charge in [-0.15, -0.1) is 0 Å². The second-order valence-corrected chi connectivity index (χ2v) is 3.68. The summed E-state index contributed by atoms with van der Waals surface area (Å²) in [6.07, 6.45) is 2.94. The van der Waals surface area contributed by atoms with E-state index in [1.54, 1.807) is 12.1 Å². The van der Waals surface area contributed by atoms with Crippen LogP contribution in [0.15, 0.2) is 12.1 Å². The summed E-state index contributed by atoms with van der Waals surface area (Å²) in [5.74, 6) is 0.00134. The van der Waals surface area contributed by atoms with E-state index in [1.165, 1.54) is 7.11 Å². The van der Waals surface area contributed by atoms with Crippen molar-refractivity contribution in [2.75, 3.05) is 7.11 Å². The second-order valence-electron chi connectivity index (χ2n) is 3.68. The molecule has 0 saturated carbocycles.